The lowest BCUT2D eigenvalue weighted by Crippen LogP contribution is -2.50. The first-order valence-electron chi connectivity index (χ1n) is 11.1. The van der Waals surface area contributed by atoms with Crippen LogP contribution in [0.5, 0.6) is 0 Å². The summed E-state index contributed by atoms with van der Waals surface area (Å²) in [6, 6.07) is 21.9. The van der Waals surface area contributed by atoms with Gasteiger partial charge in [0.1, 0.15) is 0 Å². The molecule has 4 rings (SSSR count). The van der Waals surface area contributed by atoms with E-state index in [0.29, 0.717) is 16.7 Å². The number of aryl methyl sites for hydroxylation is 1. The van der Waals surface area contributed by atoms with Crippen LogP contribution in [0, 0.1) is 17.0 Å². The van der Waals surface area contributed by atoms with Crippen molar-refractivity contribution in [1.82, 2.24) is 9.21 Å². The van der Waals surface area contributed by atoms with E-state index in [1.54, 1.807) is 59.5 Å². The van der Waals surface area contributed by atoms with Gasteiger partial charge in [-0.3, -0.25) is 14.9 Å². The Bertz CT molecular complexity index is 1360. The largest absolute Gasteiger partial charge is 0.336 e. The fraction of sp³-hybridized carbons (Fsp3) is 0.192. The molecular weight excluding hydrogens is 466 g/mol. The number of nitro groups is 1. The number of rotatable bonds is 6. The molecule has 3 aromatic rings. The highest BCUT2D eigenvalue weighted by Gasteiger charge is 2.31. The first-order valence-corrected chi connectivity index (χ1v) is 12.6. The second-order valence-corrected chi connectivity index (χ2v) is 10.2. The molecule has 0 aromatic heterocycles. The van der Waals surface area contributed by atoms with Gasteiger partial charge >= 0.3 is 0 Å². The van der Waals surface area contributed by atoms with Crippen molar-refractivity contribution in [3.63, 3.8) is 0 Å². The summed E-state index contributed by atoms with van der Waals surface area (Å²) in [4.78, 5) is 26.1. The van der Waals surface area contributed by atoms with Crippen molar-refractivity contribution in [2.75, 3.05) is 26.2 Å². The molecule has 8 nitrogen and oxygen atoms in total. The monoisotopic (exact) mass is 491 g/mol. The zero-order chi connectivity index (χ0) is 25.0. The molecule has 35 heavy (non-hydrogen) atoms. The van der Waals surface area contributed by atoms with Crippen molar-refractivity contribution >= 4 is 33.3 Å². The standard InChI is InChI=1S/C26H25N3O5S/c1-20-10-12-24(13-11-20)35(33,34)28-16-14-27(15-17-28)26(30)25(22-7-3-2-4-8-22)19-21-6-5-9-23(18-21)29(31)32/h2-13,18-19H,14-17H2,1H3/b25-19+. The number of nitrogens with zero attached hydrogens (tertiary/aromatic N) is 3. The van der Waals surface area contributed by atoms with Crippen LogP contribution < -0.4 is 0 Å². The van der Waals surface area contributed by atoms with Crippen molar-refractivity contribution in [1.29, 1.82) is 0 Å². The van der Waals surface area contributed by atoms with E-state index in [9.17, 15) is 23.3 Å². The van der Waals surface area contributed by atoms with E-state index in [1.165, 1.54) is 16.4 Å². The molecule has 1 saturated heterocycles. The van der Waals surface area contributed by atoms with Gasteiger partial charge in [-0.25, -0.2) is 8.42 Å². The summed E-state index contributed by atoms with van der Waals surface area (Å²) in [6.45, 7) is 2.74. The molecular formula is C26H25N3O5S. The molecule has 1 heterocycles. The quantitative estimate of drug-likeness (QED) is 0.225. The van der Waals surface area contributed by atoms with Crippen molar-refractivity contribution in [2.24, 2.45) is 0 Å². The maximum atomic E-state index is 13.5. The lowest BCUT2D eigenvalue weighted by Gasteiger charge is -2.34. The molecule has 0 unspecified atom stereocenters. The topological polar surface area (TPSA) is 101 Å². The Labute approximate surface area is 204 Å². The predicted octanol–water partition coefficient (Wildman–Crippen LogP) is 3.98. The van der Waals surface area contributed by atoms with Gasteiger partial charge in [-0.1, -0.05) is 60.2 Å². The number of carbonyl (C=O) groups excluding carboxylic acids is 1. The van der Waals surface area contributed by atoms with Gasteiger partial charge < -0.3 is 4.90 Å². The third kappa shape index (κ3) is 5.47. The van der Waals surface area contributed by atoms with E-state index in [0.717, 1.165) is 5.56 Å². The molecule has 0 saturated carbocycles. The molecule has 0 N–H and O–H groups in total. The Morgan fingerprint density at radius 1 is 0.914 bits per heavy atom. The van der Waals surface area contributed by atoms with Crippen LogP contribution >= 0.6 is 0 Å². The number of benzene rings is 3. The Hall–Kier alpha value is -3.82. The fourth-order valence-corrected chi connectivity index (χ4v) is 5.36. The van der Waals surface area contributed by atoms with Gasteiger partial charge in [0.15, 0.2) is 0 Å². The first-order chi connectivity index (χ1) is 16.8. The number of nitro benzene ring substituents is 1. The first kappa shape index (κ1) is 24.3. The number of hydrogen-bond donors (Lipinski definition) is 0. The van der Waals surface area contributed by atoms with Crippen LogP contribution in [0.3, 0.4) is 0 Å². The van der Waals surface area contributed by atoms with E-state index in [4.69, 9.17) is 0 Å². The summed E-state index contributed by atoms with van der Waals surface area (Å²) >= 11 is 0. The normalized spacial score (nSPS) is 15.1. The summed E-state index contributed by atoms with van der Waals surface area (Å²) in [5, 5.41) is 11.2. The van der Waals surface area contributed by atoms with E-state index in [1.807, 2.05) is 25.1 Å². The molecule has 180 valence electrons. The number of carbonyl (C=O) groups is 1. The van der Waals surface area contributed by atoms with Crippen molar-refractivity contribution in [3.05, 3.63) is 106 Å². The molecule has 9 heteroatoms. The summed E-state index contributed by atoms with van der Waals surface area (Å²) in [5.41, 5.74) is 2.52. The van der Waals surface area contributed by atoms with Crippen LogP contribution in [0.2, 0.25) is 0 Å². The smallest absolute Gasteiger partial charge is 0.270 e. The Balaban J connectivity index is 1.57. The Morgan fingerprint density at radius 3 is 2.20 bits per heavy atom. The molecule has 1 fully saturated rings. The predicted molar refractivity (Wildman–Crippen MR) is 134 cm³/mol. The molecule has 3 aromatic carbocycles. The Kier molecular flexibility index (Phi) is 7.09. The number of sulfonamides is 1. The van der Waals surface area contributed by atoms with Crippen LogP contribution in [0.25, 0.3) is 11.6 Å². The summed E-state index contributed by atoms with van der Waals surface area (Å²) in [7, 11) is -3.64. The third-order valence-electron chi connectivity index (χ3n) is 5.89. The molecule has 0 aliphatic carbocycles. The minimum absolute atomic E-state index is 0.0615. The zero-order valence-electron chi connectivity index (χ0n) is 19.2. The molecule has 0 atom stereocenters. The van der Waals surface area contributed by atoms with Gasteiger partial charge in [0.05, 0.1) is 9.82 Å². The Morgan fingerprint density at radius 2 is 1.57 bits per heavy atom. The van der Waals surface area contributed by atoms with Gasteiger partial charge in [0.2, 0.25) is 10.0 Å². The number of piperazine rings is 1. The highest BCUT2D eigenvalue weighted by atomic mass is 32.2. The maximum absolute atomic E-state index is 13.5. The number of amides is 1. The molecule has 0 radical (unpaired) electrons. The molecule has 0 spiro atoms. The van der Waals surface area contributed by atoms with Crippen LogP contribution in [0.15, 0.2) is 83.8 Å². The van der Waals surface area contributed by atoms with Crippen LogP contribution in [-0.4, -0.2) is 54.6 Å². The van der Waals surface area contributed by atoms with Crippen molar-refractivity contribution in [3.8, 4) is 0 Å². The number of non-ortho nitro benzene ring substituents is 1. The van der Waals surface area contributed by atoms with Gasteiger partial charge in [0.25, 0.3) is 11.6 Å². The molecule has 1 amide bonds. The summed E-state index contributed by atoms with van der Waals surface area (Å²) < 4.78 is 27.4. The van der Waals surface area contributed by atoms with Crippen molar-refractivity contribution < 1.29 is 18.1 Å². The lowest BCUT2D eigenvalue weighted by atomic mass is 10.0. The van der Waals surface area contributed by atoms with Gasteiger partial charge in [0, 0.05) is 43.9 Å². The second kappa shape index (κ2) is 10.2. The third-order valence-corrected chi connectivity index (χ3v) is 7.80. The highest BCUT2D eigenvalue weighted by Crippen LogP contribution is 2.25. The van der Waals surface area contributed by atoms with E-state index < -0.39 is 14.9 Å². The van der Waals surface area contributed by atoms with Crippen molar-refractivity contribution in [2.45, 2.75) is 11.8 Å². The van der Waals surface area contributed by atoms with Crippen LogP contribution in [0.4, 0.5) is 5.69 Å². The van der Waals surface area contributed by atoms with Gasteiger partial charge in [-0.15, -0.1) is 0 Å². The lowest BCUT2D eigenvalue weighted by molar-refractivity contribution is -0.384. The minimum Gasteiger partial charge on any atom is -0.336 e. The molecule has 1 aliphatic rings. The van der Waals surface area contributed by atoms with Gasteiger partial charge in [-0.2, -0.15) is 4.31 Å². The zero-order valence-corrected chi connectivity index (χ0v) is 20.0. The van der Waals surface area contributed by atoms with Crippen LogP contribution in [-0.2, 0) is 14.8 Å². The SMILES string of the molecule is Cc1ccc(S(=O)(=O)N2CCN(C(=O)/C(=C/c3cccc([N+](=O)[O-])c3)c3ccccc3)CC2)cc1. The number of hydrogen-bond acceptors (Lipinski definition) is 5. The second-order valence-electron chi connectivity index (χ2n) is 8.29. The van der Waals surface area contributed by atoms with E-state index >= 15 is 0 Å². The maximum Gasteiger partial charge on any atom is 0.270 e. The summed E-state index contributed by atoms with van der Waals surface area (Å²) in [6.07, 6.45) is 1.64. The van der Waals surface area contributed by atoms with E-state index in [-0.39, 0.29) is 42.7 Å². The molecule has 1 aliphatic heterocycles. The highest BCUT2D eigenvalue weighted by molar-refractivity contribution is 7.89. The van der Waals surface area contributed by atoms with Crippen LogP contribution in [0.1, 0.15) is 16.7 Å². The average molecular weight is 492 g/mol. The fourth-order valence-electron chi connectivity index (χ4n) is 3.94. The average Bonchev–Trinajstić information content (AvgIpc) is 2.88. The molecule has 0 bridgehead atoms. The summed E-state index contributed by atoms with van der Waals surface area (Å²) in [5.74, 6) is -0.255. The van der Waals surface area contributed by atoms with Gasteiger partial charge in [-0.05, 0) is 36.3 Å². The minimum atomic E-state index is -3.64. The van der Waals surface area contributed by atoms with E-state index in [2.05, 4.69) is 0 Å².